The highest BCUT2D eigenvalue weighted by Gasteiger charge is 2.25. The highest BCUT2D eigenvalue weighted by atomic mass is 32.2. The van der Waals surface area contributed by atoms with Crippen LogP contribution in [0.15, 0.2) is 34.8 Å². The zero-order valence-corrected chi connectivity index (χ0v) is 18.9. The van der Waals surface area contributed by atoms with Crippen molar-refractivity contribution in [3.8, 4) is 11.4 Å². The molecule has 0 radical (unpaired) electrons. The van der Waals surface area contributed by atoms with Crippen LogP contribution in [0.3, 0.4) is 0 Å². The molecule has 0 fully saturated rings. The Labute approximate surface area is 184 Å². The number of hydrogen-bond donors (Lipinski definition) is 1. The zero-order valence-electron chi connectivity index (χ0n) is 17.3. The third-order valence-electron chi connectivity index (χ3n) is 5.28. The predicted octanol–water partition coefficient (Wildman–Crippen LogP) is 5.58. The summed E-state index contributed by atoms with van der Waals surface area (Å²) < 4.78 is 15.1. The van der Waals surface area contributed by atoms with E-state index in [-0.39, 0.29) is 23.5 Å². The molecule has 2 heterocycles. The molecule has 1 unspecified atom stereocenters. The summed E-state index contributed by atoms with van der Waals surface area (Å²) in [6.07, 6.45) is 3.43. The minimum absolute atomic E-state index is 0.159. The van der Waals surface area contributed by atoms with E-state index in [0.717, 1.165) is 29.7 Å². The molecule has 0 saturated heterocycles. The molecule has 158 valence electrons. The number of fused-ring (bicyclic) bond motifs is 1. The number of halogens is 1. The van der Waals surface area contributed by atoms with Crippen LogP contribution >= 0.6 is 23.1 Å². The van der Waals surface area contributed by atoms with Crippen molar-refractivity contribution in [2.75, 3.05) is 11.1 Å². The van der Waals surface area contributed by atoms with Crippen LogP contribution in [0.1, 0.15) is 43.7 Å². The number of carbonyl (C=O) groups is 1. The molecule has 1 aliphatic rings. The number of nitrogens with one attached hydrogen (secondary N) is 1. The van der Waals surface area contributed by atoms with Crippen LogP contribution in [0.5, 0.6) is 0 Å². The van der Waals surface area contributed by atoms with Gasteiger partial charge in [0, 0.05) is 27.5 Å². The van der Waals surface area contributed by atoms with Crippen LogP contribution in [-0.2, 0) is 17.6 Å². The smallest absolute Gasteiger partial charge is 0.234 e. The number of thiophene rings is 1. The Morgan fingerprint density at radius 3 is 2.83 bits per heavy atom. The fraction of sp³-hybridized carbons (Fsp3) is 0.409. The summed E-state index contributed by atoms with van der Waals surface area (Å²) in [5, 5.41) is 14.6. The molecular formula is C22H25FN4OS2. The number of anilines is 1. The molecule has 4 rings (SSSR count). The van der Waals surface area contributed by atoms with E-state index >= 15 is 0 Å². The van der Waals surface area contributed by atoms with Crippen LogP contribution in [0.2, 0.25) is 0 Å². The first kappa shape index (κ1) is 21.1. The first-order valence-electron chi connectivity index (χ1n) is 10.1. The standard InChI is InChI=1S/C22H25FN4OS2/c1-13(2)27-21(18-11-29-19-10-14(3)4-9-17(18)19)25-26-22(27)30-12-20(28)24-16-7-5-15(23)6-8-16/h5-8,11,13-14H,4,9-10,12H2,1-3H3,(H,24,28). The number of nitrogens with zero attached hydrogens (tertiary/aromatic N) is 3. The van der Waals surface area contributed by atoms with E-state index in [1.165, 1.54) is 46.3 Å². The van der Waals surface area contributed by atoms with E-state index in [1.54, 1.807) is 12.1 Å². The summed E-state index contributed by atoms with van der Waals surface area (Å²) in [5.41, 5.74) is 3.18. The molecule has 1 aliphatic carbocycles. The summed E-state index contributed by atoms with van der Waals surface area (Å²) in [6.45, 7) is 6.53. The lowest BCUT2D eigenvalue weighted by Crippen LogP contribution is -2.15. The largest absolute Gasteiger partial charge is 0.325 e. The lowest BCUT2D eigenvalue weighted by atomic mass is 9.88. The number of aromatic nitrogens is 3. The first-order chi connectivity index (χ1) is 14.4. The minimum Gasteiger partial charge on any atom is -0.325 e. The molecule has 3 aromatic rings. The molecule has 1 N–H and O–H groups in total. The van der Waals surface area contributed by atoms with Gasteiger partial charge in [-0.3, -0.25) is 9.36 Å². The third-order valence-corrected chi connectivity index (χ3v) is 7.28. The topological polar surface area (TPSA) is 59.8 Å². The van der Waals surface area contributed by atoms with Crippen molar-refractivity contribution in [3.63, 3.8) is 0 Å². The van der Waals surface area contributed by atoms with Crippen LogP contribution in [0, 0.1) is 11.7 Å². The summed E-state index contributed by atoms with van der Waals surface area (Å²) >= 11 is 3.19. The fourth-order valence-corrected chi connectivity index (χ4v) is 5.86. The lowest BCUT2D eigenvalue weighted by molar-refractivity contribution is -0.113. The molecule has 1 atom stereocenters. The number of rotatable bonds is 6. The molecule has 5 nitrogen and oxygen atoms in total. The monoisotopic (exact) mass is 444 g/mol. The van der Waals surface area contributed by atoms with Gasteiger partial charge in [-0.2, -0.15) is 0 Å². The molecule has 0 spiro atoms. The van der Waals surface area contributed by atoms with Crippen molar-refractivity contribution in [3.05, 3.63) is 45.9 Å². The van der Waals surface area contributed by atoms with E-state index in [1.807, 2.05) is 11.3 Å². The molecule has 0 saturated carbocycles. The normalized spacial score (nSPS) is 16.0. The lowest BCUT2D eigenvalue weighted by Gasteiger charge is -2.19. The molecule has 30 heavy (non-hydrogen) atoms. The van der Waals surface area contributed by atoms with Gasteiger partial charge in [0.25, 0.3) is 0 Å². The van der Waals surface area contributed by atoms with Crippen molar-refractivity contribution in [2.24, 2.45) is 5.92 Å². The van der Waals surface area contributed by atoms with Gasteiger partial charge in [-0.05, 0) is 68.9 Å². The second-order valence-corrected chi connectivity index (χ2v) is 9.92. The quantitative estimate of drug-likeness (QED) is 0.504. The van der Waals surface area contributed by atoms with E-state index in [4.69, 9.17) is 0 Å². The van der Waals surface area contributed by atoms with Gasteiger partial charge in [0.05, 0.1) is 5.75 Å². The van der Waals surface area contributed by atoms with E-state index in [0.29, 0.717) is 5.69 Å². The van der Waals surface area contributed by atoms with E-state index in [2.05, 4.69) is 46.2 Å². The zero-order chi connectivity index (χ0) is 21.3. The Morgan fingerprint density at radius 2 is 2.10 bits per heavy atom. The van der Waals surface area contributed by atoms with Crippen molar-refractivity contribution in [1.29, 1.82) is 0 Å². The van der Waals surface area contributed by atoms with Crippen LogP contribution < -0.4 is 5.32 Å². The number of hydrogen-bond acceptors (Lipinski definition) is 5. The number of benzene rings is 1. The Bertz CT molecular complexity index is 1040. The fourth-order valence-electron chi connectivity index (χ4n) is 3.75. The maximum Gasteiger partial charge on any atom is 0.234 e. The predicted molar refractivity (Wildman–Crippen MR) is 121 cm³/mol. The Kier molecular flexibility index (Phi) is 6.24. The van der Waals surface area contributed by atoms with E-state index in [9.17, 15) is 9.18 Å². The second-order valence-electron chi connectivity index (χ2n) is 8.01. The average molecular weight is 445 g/mol. The molecule has 8 heteroatoms. The van der Waals surface area contributed by atoms with Crippen molar-refractivity contribution < 1.29 is 9.18 Å². The van der Waals surface area contributed by atoms with Crippen molar-refractivity contribution in [1.82, 2.24) is 14.8 Å². The Balaban J connectivity index is 1.51. The summed E-state index contributed by atoms with van der Waals surface area (Å²) in [6, 6.07) is 5.93. The number of amides is 1. The summed E-state index contributed by atoms with van der Waals surface area (Å²) in [4.78, 5) is 13.8. The highest BCUT2D eigenvalue weighted by Crippen LogP contribution is 2.39. The SMILES string of the molecule is CC1CCc2c(-c3nnc(SCC(=O)Nc4ccc(F)cc4)n3C(C)C)csc2C1. The van der Waals surface area contributed by atoms with Gasteiger partial charge < -0.3 is 5.32 Å². The Morgan fingerprint density at radius 1 is 1.33 bits per heavy atom. The van der Waals surface area contributed by atoms with Gasteiger partial charge in [-0.25, -0.2) is 4.39 Å². The molecule has 1 amide bonds. The first-order valence-corrected chi connectivity index (χ1v) is 12.0. The molecule has 0 bridgehead atoms. The van der Waals surface area contributed by atoms with Crippen LogP contribution in [-0.4, -0.2) is 26.4 Å². The Hall–Kier alpha value is -2.19. The van der Waals surface area contributed by atoms with Gasteiger partial charge in [0.1, 0.15) is 5.82 Å². The van der Waals surface area contributed by atoms with Crippen molar-refractivity contribution >= 4 is 34.7 Å². The molecule has 1 aromatic carbocycles. The van der Waals surface area contributed by atoms with Gasteiger partial charge in [0.2, 0.25) is 5.91 Å². The minimum atomic E-state index is -0.329. The van der Waals surface area contributed by atoms with Gasteiger partial charge in [-0.1, -0.05) is 18.7 Å². The summed E-state index contributed by atoms with van der Waals surface area (Å²) in [5.74, 6) is 1.34. The maximum atomic E-state index is 13.0. The number of carbonyl (C=O) groups excluding carboxylic acids is 1. The van der Waals surface area contributed by atoms with Crippen LogP contribution in [0.25, 0.3) is 11.4 Å². The maximum absolute atomic E-state index is 13.0. The second kappa shape index (κ2) is 8.89. The number of thioether (sulfide) groups is 1. The third kappa shape index (κ3) is 4.44. The van der Waals surface area contributed by atoms with Crippen molar-refractivity contribution in [2.45, 2.75) is 51.2 Å². The highest BCUT2D eigenvalue weighted by molar-refractivity contribution is 7.99. The average Bonchev–Trinajstić information content (AvgIpc) is 3.31. The molecular weight excluding hydrogens is 419 g/mol. The van der Waals surface area contributed by atoms with Gasteiger partial charge in [0.15, 0.2) is 11.0 Å². The van der Waals surface area contributed by atoms with E-state index < -0.39 is 0 Å². The molecule has 0 aliphatic heterocycles. The van der Waals surface area contributed by atoms with Crippen LogP contribution in [0.4, 0.5) is 10.1 Å². The van der Waals surface area contributed by atoms with Gasteiger partial charge in [-0.15, -0.1) is 21.5 Å². The summed E-state index contributed by atoms with van der Waals surface area (Å²) in [7, 11) is 0. The van der Waals surface area contributed by atoms with Gasteiger partial charge >= 0.3 is 0 Å². The molecule has 2 aromatic heterocycles.